The van der Waals surface area contributed by atoms with E-state index in [1.54, 1.807) is 4.90 Å². The molecule has 0 unspecified atom stereocenters. The number of carbonyl (C=O) groups is 1. The number of piperazine rings is 1. The summed E-state index contributed by atoms with van der Waals surface area (Å²) in [6, 6.07) is 3.72. The Kier molecular flexibility index (Phi) is 5.41. The highest BCUT2D eigenvalue weighted by atomic mass is 35.5. The molecule has 8 heteroatoms. The number of rotatable bonds is 4. The van der Waals surface area contributed by atoms with Gasteiger partial charge in [-0.1, -0.05) is 11.6 Å². The van der Waals surface area contributed by atoms with Gasteiger partial charge in [-0.25, -0.2) is 12.8 Å². The molecule has 1 aliphatic heterocycles. The Morgan fingerprint density at radius 1 is 1.27 bits per heavy atom. The Hall–Kier alpha value is -1.18. The summed E-state index contributed by atoms with van der Waals surface area (Å²) in [5.41, 5.74) is 0.285. The maximum atomic E-state index is 13.0. The molecule has 0 saturated carbocycles. The summed E-state index contributed by atoms with van der Waals surface area (Å²) in [6.07, 6.45) is 1.21. The van der Waals surface area contributed by atoms with Crippen LogP contribution < -0.4 is 0 Å². The molecule has 0 radical (unpaired) electrons. The largest absolute Gasteiger partial charge is 0.336 e. The zero-order chi connectivity index (χ0) is 16.3. The minimum Gasteiger partial charge on any atom is -0.336 e. The Bertz CT molecular complexity index is 658. The first-order chi connectivity index (χ1) is 10.3. The van der Waals surface area contributed by atoms with Gasteiger partial charge >= 0.3 is 0 Å². The lowest BCUT2D eigenvalue weighted by molar-refractivity contribution is 0.0644. The second-order valence-electron chi connectivity index (χ2n) is 5.39. The number of nitrogens with zero attached hydrogens (tertiary/aromatic N) is 2. The first-order valence-corrected chi connectivity index (χ1v) is 9.34. The standard InChI is InChI=1S/C14H18ClFN2O3S/c1-22(20,21)9-8-17-4-6-18(7-5-17)14(19)12-3-2-11(16)10-13(12)15/h2-3,10H,4-9H2,1H3. The molecule has 122 valence electrons. The Morgan fingerprint density at radius 2 is 1.91 bits per heavy atom. The van der Waals surface area contributed by atoms with Gasteiger partial charge in [0.1, 0.15) is 15.7 Å². The van der Waals surface area contributed by atoms with Gasteiger partial charge in [0.15, 0.2) is 0 Å². The summed E-state index contributed by atoms with van der Waals surface area (Å²) in [5, 5.41) is 0.101. The molecule has 1 aromatic rings. The lowest BCUT2D eigenvalue weighted by atomic mass is 10.1. The minimum absolute atomic E-state index is 0.101. The molecule has 0 spiro atoms. The van der Waals surface area contributed by atoms with E-state index in [4.69, 9.17) is 11.6 Å². The van der Waals surface area contributed by atoms with Crippen LogP contribution in [0.25, 0.3) is 0 Å². The van der Waals surface area contributed by atoms with Gasteiger partial charge < -0.3 is 4.90 Å². The lowest BCUT2D eigenvalue weighted by Gasteiger charge is -2.34. The van der Waals surface area contributed by atoms with Gasteiger partial charge in [0.2, 0.25) is 0 Å². The van der Waals surface area contributed by atoms with Crippen molar-refractivity contribution in [3.05, 3.63) is 34.6 Å². The van der Waals surface area contributed by atoms with E-state index in [9.17, 15) is 17.6 Å². The fourth-order valence-electron chi connectivity index (χ4n) is 2.30. The molecule has 1 aliphatic rings. The number of carbonyl (C=O) groups excluding carboxylic acids is 1. The molecule has 2 rings (SSSR count). The summed E-state index contributed by atoms with van der Waals surface area (Å²) < 4.78 is 35.3. The maximum Gasteiger partial charge on any atom is 0.255 e. The van der Waals surface area contributed by atoms with Crippen molar-refractivity contribution in [2.24, 2.45) is 0 Å². The molecular weight excluding hydrogens is 331 g/mol. The summed E-state index contributed by atoms with van der Waals surface area (Å²) in [7, 11) is -2.98. The molecular formula is C14H18ClFN2O3S. The van der Waals surface area contributed by atoms with Gasteiger partial charge in [-0.15, -0.1) is 0 Å². The molecule has 0 N–H and O–H groups in total. The van der Waals surface area contributed by atoms with Crippen molar-refractivity contribution in [2.75, 3.05) is 44.7 Å². The molecule has 0 aliphatic carbocycles. The number of sulfone groups is 1. The number of hydrogen-bond donors (Lipinski definition) is 0. The smallest absolute Gasteiger partial charge is 0.255 e. The van der Waals surface area contributed by atoms with E-state index in [0.717, 1.165) is 6.07 Å². The summed E-state index contributed by atoms with van der Waals surface area (Å²) >= 11 is 5.91. The van der Waals surface area contributed by atoms with E-state index >= 15 is 0 Å². The van der Waals surface area contributed by atoms with Crippen LogP contribution in [-0.2, 0) is 9.84 Å². The van der Waals surface area contributed by atoms with Crippen LogP contribution >= 0.6 is 11.6 Å². The molecule has 1 fully saturated rings. The van der Waals surface area contributed by atoms with Gasteiger partial charge in [0, 0.05) is 39.0 Å². The van der Waals surface area contributed by atoms with E-state index in [1.165, 1.54) is 18.4 Å². The van der Waals surface area contributed by atoms with Crippen LogP contribution in [0.5, 0.6) is 0 Å². The predicted molar refractivity (Wildman–Crippen MR) is 83.5 cm³/mol. The van der Waals surface area contributed by atoms with Crippen molar-refractivity contribution in [1.82, 2.24) is 9.80 Å². The number of amides is 1. The van der Waals surface area contributed by atoms with Crippen molar-refractivity contribution in [3.8, 4) is 0 Å². The fourth-order valence-corrected chi connectivity index (χ4v) is 3.14. The topological polar surface area (TPSA) is 57.7 Å². The monoisotopic (exact) mass is 348 g/mol. The summed E-state index contributed by atoms with van der Waals surface area (Å²) in [5.74, 6) is -0.593. The summed E-state index contributed by atoms with van der Waals surface area (Å²) in [4.78, 5) is 16.0. The van der Waals surface area contributed by atoms with E-state index in [0.29, 0.717) is 32.7 Å². The van der Waals surface area contributed by atoms with Crippen LogP contribution in [0.15, 0.2) is 18.2 Å². The normalized spacial score (nSPS) is 16.8. The van der Waals surface area contributed by atoms with Crippen LogP contribution in [-0.4, -0.2) is 68.9 Å². The average molecular weight is 349 g/mol. The molecule has 22 heavy (non-hydrogen) atoms. The van der Waals surface area contributed by atoms with Crippen molar-refractivity contribution in [3.63, 3.8) is 0 Å². The third-order valence-corrected chi connectivity index (χ3v) is 4.84. The van der Waals surface area contributed by atoms with Gasteiger partial charge in [-0.3, -0.25) is 9.69 Å². The van der Waals surface area contributed by atoms with E-state index in [2.05, 4.69) is 0 Å². The second-order valence-corrected chi connectivity index (χ2v) is 8.05. The Labute approximate surface area is 134 Å². The predicted octanol–water partition coefficient (Wildman–Crippen LogP) is 1.28. The molecule has 1 amide bonds. The SMILES string of the molecule is CS(=O)(=O)CCN1CCN(C(=O)c2ccc(F)cc2Cl)CC1. The van der Waals surface area contributed by atoms with Gasteiger partial charge in [0.25, 0.3) is 5.91 Å². The Balaban J connectivity index is 1.92. The van der Waals surface area contributed by atoms with Crippen molar-refractivity contribution in [2.45, 2.75) is 0 Å². The average Bonchev–Trinajstić information content (AvgIpc) is 2.44. The first kappa shape index (κ1) is 17.2. The number of halogens is 2. The lowest BCUT2D eigenvalue weighted by Crippen LogP contribution is -2.49. The molecule has 1 saturated heterocycles. The maximum absolute atomic E-state index is 13.0. The summed E-state index contributed by atoms with van der Waals surface area (Å²) in [6.45, 7) is 2.69. The zero-order valence-corrected chi connectivity index (χ0v) is 13.8. The molecule has 0 bridgehead atoms. The molecule has 1 heterocycles. The first-order valence-electron chi connectivity index (χ1n) is 6.91. The van der Waals surface area contributed by atoms with Crippen molar-refractivity contribution in [1.29, 1.82) is 0 Å². The highest BCUT2D eigenvalue weighted by Gasteiger charge is 2.24. The molecule has 1 aromatic carbocycles. The van der Waals surface area contributed by atoms with Crippen LogP contribution in [0.1, 0.15) is 10.4 Å². The second kappa shape index (κ2) is 6.93. The highest BCUT2D eigenvalue weighted by Crippen LogP contribution is 2.19. The molecule has 0 atom stereocenters. The Morgan fingerprint density at radius 3 is 2.45 bits per heavy atom. The van der Waals surface area contributed by atoms with Crippen molar-refractivity contribution >= 4 is 27.3 Å². The van der Waals surface area contributed by atoms with Crippen molar-refractivity contribution < 1.29 is 17.6 Å². The third kappa shape index (κ3) is 4.66. The van der Waals surface area contributed by atoms with Crippen LogP contribution in [0.2, 0.25) is 5.02 Å². The van der Waals surface area contributed by atoms with E-state index in [-0.39, 0.29) is 22.2 Å². The van der Waals surface area contributed by atoms with Crippen LogP contribution in [0.4, 0.5) is 4.39 Å². The number of hydrogen-bond acceptors (Lipinski definition) is 4. The minimum atomic E-state index is -2.98. The van der Waals surface area contributed by atoms with Crippen LogP contribution in [0, 0.1) is 5.82 Å². The van der Waals surface area contributed by atoms with Gasteiger partial charge in [-0.05, 0) is 18.2 Å². The number of benzene rings is 1. The molecule has 5 nitrogen and oxygen atoms in total. The molecule has 0 aromatic heterocycles. The zero-order valence-electron chi connectivity index (χ0n) is 12.3. The van der Waals surface area contributed by atoms with Crippen LogP contribution in [0.3, 0.4) is 0 Å². The highest BCUT2D eigenvalue weighted by molar-refractivity contribution is 7.90. The fraction of sp³-hybridized carbons (Fsp3) is 0.500. The van der Waals surface area contributed by atoms with Gasteiger partial charge in [0.05, 0.1) is 16.3 Å². The third-order valence-electron chi connectivity index (χ3n) is 3.60. The quantitative estimate of drug-likeness (QED) is 0.822. The van der Waals surface area contributed by atoms with E-state index < -0.39 is 15.7 Å². The van der Waals surface area contributed by atoms with E-state index in [1.807, 2.05) is 4.90 Å². The van der Waals surface area contributed by atoms with Gasteiger partial charge in [-0.2, -0.15) is 0 Å².